The molecule has 0 aliphatic carbocycles. The largest absolute Gasteiger partial charge is 0.395 e. The number of hydrogen-bond acceptors (Lipinski definition) is 3. The van der Waals surface area contributed by atoms with E-state index >= 15 is 0 Å². The van der Waals surface area contributed by atoms with E-state index in [2.05, 4.69) is 15.9 Å². The number of benzene rings is 2. The second-order valence-electron chi connectivity index (χ2n) is 4.45. The molecular weight excluding hydrogens is 318 g/mol. The Balaban J connectivity index is 2.33. The van der Waals surface area contributed by atoms with Gasteiger partial charge in [0.05, 0.1) is 6.61 Å². The van der Waals surface area contributed by atoms with Crippen molar-refractivity contribution in [2.24, 2.45) is 0 Å². The number of aliphatic hydroxyl groups excluding tert-OH is 1. The van der Waals surface area contributed by atoms with E-state index in [1.807, 2.05) is 47.4 Å². The van der Waals surface area contributed by atoms with Crippen LogP contribution in [0, 0.1) is 0 Å². The van der Waals surface area contributed by atoms with Crippen molar-refractivity contribution in [2.45, 2.75) is 6.54 Å². The van der Waals surface area contributed by atoms with Gasteiger partial charge in [-0.05, 0) is 23.8 Å². The molecule has 1 N–H and O–H groups in total. The van der Waals surface area contributed by atoms with E-state index in [-0.39, 0.29) is 6.61 Å². The molecule has 0 bridgehead atoms. The first-order valence-corrected chi connectivity index (χ1v) is 7.18. The summed E-state index contributed by atoms with van der Waals surface area (Å²) in [6.45, 7) is 1.17. The third kappa shape index (κ3) is 3.68. The highest BCUT2D eigenvalue weighted by molar-refractivity contribution is 9.10. The van der Waals surface area contributed by atoms with Gasteiger partial charge < -0.3 is 10.0 Å². The van der Waals surface area contributed by atoms with Crippen molar-refractivity contribution in [3.05, 3.63) is 64.1 Å². The lowest BCUT2D eigenvalue weighted by Crippen LogP contribution is -2.27. The molecule has 0 saturated carbocycles. The van der Waals surface area contributed by atoms with Crippen molar-refractivity contribution < 1.29 is 9.90 Å². The molecule has 0 aromatic heterocycles. The van der Waals surface area contributed by atoms with E-state index in [9.17, 15) is 9.90 Å². The molecule has 3 nitrogen and oxygen atoms in total. The number of carbonyl (C=O) groups excluding carboxylic acids is 1. The van der Waals surface area contributed by atoms with Gasteiger partial charge in [0.1, 0.15) is 0 Å². The third-order valence-corrected chi connectivity index (χ3v) is 3.54. The van der Waals surface area contributed by atoms with Crippen molar-refractivity contribution in [2.75, 3.05) is 18.1 Å². The van der Waals surface area contributed by atoms with Gasteiger partial charge in [-0.3, -0.25) is 4.79 Å². The Bertz CT molecular complexity index is 572. The Hall–Kier alpha value is -1.65. The number of hydrogen-bond donors (Lipinski definition) is 1. The van der Waals surface area contributed by atoms with Crippen LogP contribution < -0.4 is 4.90 Å². The van der Waals surface area contributed by atoms with Gasteiger partial charge in [0, 0.05) is 28.8 Å². The Labute approximate surface area is 127 Å². The quantitative estimate of drug-likeness (QED) is 0.825. The van der Waals surface area contributed by atoms with E-state index in [4.69, 9.17) is 0 Å². The van der Waals surface area contributed by atoms with Crippen molar-refractivity contribution in [1.82, 2.24) is 0 Å². The van der Waals surface area contributed by atoms with Gasteiger partial charge in [0.2, 0.25) is 0 Å². The molecule has 0 aliphatic rings. The van der Waals surface area contributed by atoms with Crippen LogP contribution in [0.1, 0.15) is 15.9 Å². The van der Waals surface area contributed by atoms with Gasteiger partial charge in [-0.25, -0.2) is 0 Å². The molecular formula is C16H16BrNO2. The Morgan fingerprint density at radius 2 is 1.90 bits per heavy atom. The summed E-state index contributed by atoms with van der Waals surface area (Å²) in [4.78, 5) is 13.2. The van der Waals surface area contributed by atoms with Crippen LogP contribution in [0.15, 0.2) is 53.0 Å². The highest BCUT2D eigenvalue weighted by Gasteiger charge is 2.12. The third-order valence-electron chi connectivity index (χ3n) is 3.05. The summed E-state index contributed by atoms with van der Waals surface area (Å²) in [5.74, 6) is 0. The Morgan fingerprint density at radius 1 is 1.15 bits per heavy atom. The summed E-state index contributed by atoms with van der Waals surface area (Å²) in [5.41, 5.74) is 2.59. The zero-order valence-corrected chi connectivity index (χ0v) is 12.6. The van der Waals surface area contributed by atoms with Gasteiger partial charge in [0.25, 0.3) is 0 Å². The minimum atomic E-state index is 0.0393. The minimum absolute atomic E-state index is 0.0393. The first-order chi connectivity index (χ1) is 9.74. The maximum Gasteiger partial charge on any atom is 0.152 e. The molecule has 0 unspecified atom stereocenters. The molecule has 0 amide bonds. The molecule has 0 spiro atoms. The predicted molar refractivity (Wildman–Crippen MR) is 84.1 cm³/mol. The molecule has 0 radical (unpaired) electrons. The maximum atomic E-state index is 11.2. The lowest BCUT2D eigenvalue weighted by atomic mass is 10.1. The van der Waals surface area contributed by atoms with Gasteiger partial charge in [-0.2, -0.15) is 0 Å². The van der Waals surface area contributed by atoms with Gasteiger partial charge >= 0.3 is 0 Å². The number of aldehydes is 1. The topological polar surface area (TPSA) is 40.5 Å². The summed E-state index contributed by atoms with van der Waals surface area (Å²) >= 11 is 3.43. The molecule has 0 atom stereocenters. The number of rotatable bonds is 6. The lowest BCUT2D eigenvalue weighted by Gasteiger charge is -2.25. The predicted octanol–water partition coefficient (Wildman–Crippen LogP) is 3.26. The smallest absolute Gasteiger partial charge is 0.152 e. The molecule has 4 heteroatoms. The Morgan fingerprint density at radius 3 is 2.55 bits per heavy atom. The van der Waals surface area contributed by atoms with Crippen LogP contribution in [0.5, 0.6) is 0 Å². The fraction of sp³-hybridized carbons (Fsp3) is 0.188. The van der Waals surface area contributed by atoms with Gasteiger partial charge in [0.15, 0.2) is 6.29 Å². The van der Waals surface area contributed by atoms with Gasteiger partial charge in [-0.1, -0.05) is 46.3 Å². The fourth-order valence-corrected chi connectivity index (χ4v) is 2.45. The molecule has 104 valence electrons. The number of carbonyl (C=O) groups is 1. The normalized spacial score (nSPS) is 10.3. The zero-order chi connectivity index (χ0) is 14.4. The van der Waals surface area contributed by atoms with E-state index in [1.165, 1.54) is 0 Å². The van der Waals surface area contributed by atoms with Crippen molar-refractivity contribution in [3.63, 3.8) is 0 Å². The summed E-state index contributed by atoms with van der Waals surface area (Å²) in [7, 11) is 0. The molecule has 2 aromatic rings. The number of halogens is 1. The van der Waals surface area contributed by atoms with Crippen molar-refractivity contribution >= 4 is 27.9 Å². The number of anilines is 1. The van der Waals surface area contributed by atoms with Crippen molar-refractivity contribution in [1.29, 1.82) is 0 Å². The van der Waals surface area contributed by atoms with E-state index in [1.54, 1.807) is 6.07 Å². The van der Waals surface area contributed by atoms with Crippen LogP contribution in [0.25, 0.3) is 0 Å². The Kier molecular flexibility index (Phi) is 5.32. The highest BCUT2D eigenvalue weighted by Crippen LogP contribution is 2.25. The summed E-state index contributed by atoms with van der Waals surface area (Å²) in [5, 5.41) is 9.27. The summed E-state index contributed by atoms with van der Waals surface area (Å²) in [6, 6.07) is 15.5. The average molecular weight is 334 g/mol. The number of aliphatic hydroxyl groups is 1. The zero-order valence-electron chi connectivity index (χ0n) is 11.0. The monoisotopic (exact) mass is 333 g/mol. The molecule has 2 aromatic carbocycles. The first-order valence-electron chi connectivity index (χ1n) is 6.39. The van der Waals surface area contributed by atoms with Crippen LogP contribution in [-0.2, 0) is 6.54 Å². The number of nitrogens with zero attached hydrogens (tertiary/aromatic N) is 1. The second kappa shape index (κ2) is 7.22. The van der Waals surface area contributed by atoms with E-state index < -0.39 is 0 Å². The molecule has 20 heavy (non-hydrogen) atoms. The van der Waals surface area contributed by atoms with E-state index in [0.717, 1.165) is 22.0 Å². The highest BCUT2D eigenvalue weighted by atomic mass is 79.9. The van der Waals surface area contributed by atoms with Crippen LogP contribution in [0.3, 0.4) is 0 Å². The minimum Gasteiger partial charge on any atom is -0.395 e. The molecule has 0 fully saturated rings. The summed E-state index contributed by atoms with van der Waals surface area (Å²) < 4.78 is 0.911. The first kappa shape index (κ1) is 14.8. The maximum absolute atomic E-state index is 11.2. The van der Waals surface area contributed by atoms with Crippen LogP contribution >= 0.6 is 15.9 Å². The standard InChI is InChI=1S/C16H16BrNO2/c17-15-7-6-14(12-20)16(10-15)18(8-9-19)11-13-4-2-1-3-5-13/h1-7,10,12,19H,8-9,11H2. The SMILES string of the molecule is O=Cc1ccc(Br)cc1N(CCO)Cc1ccccc1. The fourth-order valence-electron chi connectivity index (χ4n) is 2.10. The molecule has 0 saturated heterocycles. The second-order valence-corrected chi connectivity index (χ2v) is 5.37. The molecule has 2 rings (SSSR count). The van der Waals surface area contributed by atoms with Crippen LogP contribution in [0.2, 0.25) is 0 Å². The van der Waals surface area contributed by atoms with Crippen LogP contribution in [-0.4, -0.2) is 24.5 Å². The molecule has 0 aliphatic heterocycles. The average Bonchev–Trinajstić information content (AvgIpc) is 2.48. The summed E-state index contributed by atoms with van der Waals surface area (Å²) in [6.07, 6.45) is 0.844. The van der Waals surface area contributed by atoms with E-state index in [0.29, 0.717) is 18.7 Å². The molecule has 0 heterocycles. The van der Waals surface area contributed by atoms with Crippen molar-refractivity contribution in [3.8, 4) is 0 Å². The van der Waals surface area contributed by atoms with Crippen LogP contribution in [0.4, 0.5) is 5.69 Å². The van der Waals surface area contributed by atoms with Gasteiger partial charge in [-0.15, -0.1) is 0 Å². The lowest BCUT2D eigenvalue weighted by molar-refractivity contribution is 0.112.